The van der Waals surface area contributed by atoms with E-state index in [0.717, 1.165) is 42.9 Å². The van der Waals surface area contributed by atoms with Gasteiger partial charge in [0.2, 0.25) is 0 Å². The van der Waals surface area contributed by atoms with Crippen molar-refractivity contribution in [2.45, 2.75) is 58.5 Å². The average Bonchev–Trinajstić information content (AvgIpc) is 3.18. The van der Waals surface area contributed by atoms with Crippen LogP contribution in [0.4, 0.5) is 0 Å². The smallest absolute Gasteiger partial charge is 0.257 e. The first-order valence-electron chi connectivity index (χ1n) is 8.59. The zero-order valence-corrected chi connectivity index (χ0v) is 14.3. The van der Waals surface area contributed by atoms with Gasteiger partial charge in [0.05, 0.1) is 11.3 Å². The zero-order valence-electron chi connectivity index (χ0n) is 14.3. The predicted octanol–water partition coefficient (Wildman–Crippen LogP) is 2.13. The number of carbonyl (C=O) groups excluding carboxylic acids is 1. The number of hydrogen-bond donors (Lipinski definition) is 0. The molecule has 2 aliphatic heterocycles. The molecule has 3 rings (SSSR count). The number of likely N-dealkylation sites (N-methyl/N-ethyl adjacent to an activating group) is 1. The van der Waals surface area contributed by atoms with Crippen molar-refractivity contribution >= 4 is 5.91 Å². The van der Waals surface area contributed by atoms with Gasteiger partial charge in [-0.05, 0) is 52.6 Å². The Balaban J connectivity index is 1.85. The Labute approximate surface area is 133 Å². The highest BCUT2D eigenvalue weighted by molar-refractivity contribution is 5.96. The minimum atomic E-state index is 0.188. The van der Waals surface area contributed by atoms with E-state index in [1.165, 1.54) is 19.4 Å². The zero-order chi connectivity index (χ0) is 15.9. The van der Waals surface area contributed by atoms with Crippen molar-refractivity contribution in [2.24, 2.45) is 7.05 Å². The molecule has 122 valence electrons. The molecule has 2 aliphatic rings. The number of likely N-dealkylation sites (tertiary alicyclic amines) is 2. The Morgan fingerprint density at radius 1 is 1.18 bits per heavy atom. The fraction of sp³-hybridized carbons (Fsp3) is 0.765. The monoisotopic (exact) mass is 304 g/mol. The van der Waals surface area contributed by atoms with Crippen LogP contribution in [-0.2, 0) is 7.05 Å². The van der Waals surface area contributed by atoms with E-state index in [1.807, 2.05) is 25.6 Å². The van der Waals surface area contributed by atoms with E-state index < -0.39 is 0 Å². The summed E-state index contributed by atoms with van der Waals surface area (Å²) in [5.74, 6) is 0.188. The molecule has 0 saturated carbocycles. The van der Waals surface area contributed by atoms with Crippen molar-refractivity contribution < 1.29 is 4.79 Å². The van der Waals surface area contributed by atoms with Crippen LogP contribution in [0.3, 0.4) is 0 Å². The Kier molecular flexibility index (Phi) is 4.26. The fourth-order valence-corrected chi connectivity index (χ4v) is 4.35. The minimum Gasteiger partial charge on any atom is -0.334 e. The van der Waals surface area contributed by atoms with E-state index in [9.17, 15) is 4.79 Å². The fourth-order valence-electron chi connectivity index (χ4n) is 4.35. The molecule has 2 fully saturated rings. The summed E-state index contributed by atoms with van der Waals surface area (Å²) < 4.78 is 1.82. The van der Waals surface area contributed by atoms with Crippen LogP contribution in [0.1, 0.15) is 54.4 Å². The molecule has 2 atom stereocenters. The molecule has 0 aliphatic carbocycles. The second kappa shape index (κ2) is 6.03. The SMILES string of the molecule is CCN1CCC[C@H]1[C@@H]1CCCN1C(=O)c1c(C)nn(C)c1C. The van der Waals surface area contributed by atoms with Crippen LogP contribution in [-0.4, -0.2) is 57.2 Å². The second-order valence-electron chi connectivity index (χ2n) is 6.72. The molecule has 2 saturated heterocycles. The van der Waals surface area contributed by atoms with Crippen molar-refractivity contribution in [1.29, 1.82) is 0 Å². The van der Waals surface area contributed by atoms with Gasteiger partial charge in [0.1, 0.15) is 0 Å². The third kappa shape index (κ3) is 2.45. The van der Waals surface area contributed by atoms with Crippen molar-refractivity contribution in [3.05, 3.63) is 17.0 Å². The molecule has 0 N–H and O–H groups in total. The minimum absolute atomic E-state index is 0.188. The lowest BCUT2D eigenvalue weighted by Gasteiger charge is -2.34. The van der Waals surface area contributed by atoms with Gasteiger partial charge >= 0.3 is 0 Å². The van der Waals surface area contributed by atoms with Crippen LogP contribution in [0.5, 0.6) is 0 Å². The topological polar surface area (TPSA) is 41.4 Å². The Morgan fingerprint density at radius 2 is 1.86 bits per heavy atom. The van der Waals surface area contributed by atoms with E-state index >= 15 is 0 Å². The quantitative estimate of drug-likeness (QED) is 0.859. The van der Waals surface area contributed by atoms with Gasteiger partial charge in [0, 0.05) is 31.4 Å². The van der Waals surface area contributed by atoms with Gasteiger partial charge in [-0.1, -0.05) is 6.92 Å². The maximum atomic E-state index is 13.1. The van der Waals surface area contributed by atoms with Gasteiger partial charge in [0.25, 0.3) is 5.91 Å². The van der Waals surface area contributed by atoms with Gasteiger partial charge in [-0.2, -0.15) is 5.10 Å². The first kappa shape index (κ1) is 15.5. The third-order valence-corrected chi connectivity index (χ3v) is 5.55. The molecule has 0 radical (unpaired) electrons. The van der Waals surface area contributed by atoms with E-state index in [1.54, 1.807) is 0 Å². The van der Waals surface area contributed by atoms with Gasteiger partial charge in [-0.25, -0.2) is 0 Å². The molecule has 5 heteroatoms. The van der Waals surface area contributed by atoms with Gasteiger partial charge in [-0.15, -0.1) is 0 Å². The maximum absolute atomic E-state index is 13.1. The van der Waals surface area contributed by atoms with Crippen LogP contribution in [0, 0.1) is 13.8 Å². The maximum Gasteiger partial charge on any atom is 0.257 e. The number of aryl methyl sites for hydroxylation is 2. The predicted molar refractivity (Wildman–Crippen MR) is 87.0 cm³/mol. The summed E-state index contributed by atoms with van der Waals surface area (Å²) >= 11 is 0. The molecule has 1 aromatic heterocycles. The number of aromatic nitrogens is 2. The third-order valence-electron chi connectivity index (χ3n) is 5.55. The van der Waals surface area contributed by atoms with Crippen LogP contribution >= 0.6 is 0 Å². The number of carbonyl (C=O) groups is 1. The summed E-state index contributed by atoms with van der Waals surface area (Å²) in [5, 5.41) is 4.42. The molecular formula is C17H28N4O. The summed E-state index contributed by atoms with van der Waals surface area (Å²) in [6.07, 6.45) is 4.77. The van der Waals surface area contributed by atoms with Gasteiger partial charge < -0.3 is 4.90 Å². The normalized spacial score (nSPS) is 26.1. The van der Waals surface area contributed by atoms with Crippen molar-refractivity contribution in [3.63, 3.8) is 0 Å². The molecule has 22 heavy (non-hydrogen) atoms. The Hall–Kier alpha value is -1.36. The van der Waals surface area contributed by atoms with Crippen molar-refractivity contribution in [3.8, 4) is 0 Å². The van der Waals surface area contributed by atoms with Gasteiger partial charge in [0.15, 0.2) is 0 Å². The summed E-state index contributed by atoms with van der Waals surface area (Å²) in [6, 6.07) is 0.933. The highest BCUT2D eigenvalue weighted by atomic mass is 16.2. The first-order valence-corrected chi connectivity index (χ1v) is 8.59. The van der Waals surface area contributed by atoms with Crippen LogP contribution < -0.4 is 0 Å². The Bertz CT molecular complexity index is 565. The number of nitrogens with zero attached hydrogens (tertiary/aromatic N) is 4. The molecule has 0 spiro atoms. The van der Waals surface area contributed by atoms with Gasteiger partial charge in [-0.3, -0.25) is 14.4 Å². The largest absolute Gasteiger partial charge is 0.334 e. The highest BCUT2D eigenvalue weighted by Crippen LogP contribution is 2.31. The molecule has 1 amide bonds. The second-order valence-corrected chi connectivity index (χ2v) is 6.72. The van der Waals surface area contributed by atoms with E-state index in [0.29, 0.717) is 12.1 Å². The van der Waals surface area contributed by atoms with Crippen molar-refractivity contribution in [2.75, 3.05) is 19.6 Å². The average molecular weight is 304 g/mol. The summed E-state index contributed by atoms with van der Waals surface area (Å²) in [7, 11) is 1.91. The highest BCUT2D eigenvalue weighted by Gasteiger charge is 2.40. The summed E-state index contributed by atoms with van der Waals surface area (Å²) in [6.45, 7) is 9.34. The molecule has 5 nitrogen and oxygen atoms in total. The van der Waals surface area contributed by atoms with E-state index in [4.69, 9.17) is 0 Å². The Morgan fingerprint density at radius 3 is 2.50 bits per heavy atom. The molecule has 0 aromatic carbocycles. The standard InChI is InChI=1S/C17H28N4O/c1-5-20-10-6-8-14(20)15-9-7-11-21(15)17(22)16-12(2)18-19(4)13(16)3/h14-15H,5-11H2,1-4H3/t14-,15-/m0/s1. The lowest BCUT2D eigenvalue weighted by Crippen LogP contribution is -2.48. The molecule has 1 aromatic rings. The summed E-state index contributed by atoms with van der Waals surface area (Å²) in [5.41, 5.74) is 2.65. The lowest BCUT2D eigenvalue weighted by atomic mass is 10.0. The van der Waals surface area contributed by atoms with E-state index in [-0.39, 0.29) is 5.91 Å². The van der Waals surface area contributed by atoms with Crippen LogP contribution in [0.25, 0.3) is 0 Å². The van der Waals surface area contributed by atoms with Crippen molar-refractivity contribution in [1.82, 2.24) is 19.6 Å². The first-order chi connectivity index (χ1) is 10.5. The molecule has 0 bridgehead atoms. The molecular weight excluding hydrogens is 276 g/mol. The lowest BCUT2D eigenvalue weighted by molar-refractivity contribution is 0.0648. The molecule has 0 unspecified atom stereocenters. The van der Waals surface area contributed by atoms with Crippen LogP contribution in [0.15, 0.2) is 0 Å². The van der Waals surface area contributed by atoms with Crippen LogP contribution in [0.2, 0.25) is 0 Å². The number of hydrogen-bond acceptors (Lipinski definition) is 3. The summed E-state index contributed by atoms with van der Waals surface area (Å²) in [4.78, 5) is 17.8. The molecule has 3 heterocycles. The number of amides is 1. The van der Waals surface area contributed by atoms with E-state index in [2.05, 4.69) is 21.8 Å². The number of rotatable bonds is 3.